The molecule has 4 rings (SSSR count). The van der Waals surface area contributed by atoms with Crippen molar-refractivity contribution in [1.29, 1.82) is 0 Å². The minimum atomic E-state index is -0.291. The lowest BCUT2D eigenvalue weighted by molar-refractivity contribution is -0.115. The first kappa shape index (κ1) is 21.6. The molecule has 0 saturated carbocycles. The molecular formula is C24H21FN4O2S. The van der Waals surface area contributed by atoms with Crippen LogP contribution in [0.4, 0.5) is 10.1 Å². The molecule has 0 fully saturated rings. The van der Waals surface area contributed by atoms with Crippen LogP contribution in [0.25, 0.3) is 16.4 Å². The van der Waals surface area contributed by atoms with Gasteiger partial charge in [0.15, 0.2) is 5.78 Å². The predicted octanol–water partition coefficient (Wildman–Crippen LogP) is 5.14. The Hall–Kier alpha value is -3.65. The number of Topliss-reactive ketones (excluding diaryl/α,β-unsaturated/α-hetero) is 1. The first-order valence-corrected chi connectivity index (χ1v) is 10.9. The van der Waals surface area contributed by atoms with E-state index in [9.17, 15) is 14.0 Å². The summed E-state index contributed by atoms with van der Waals surface area (Å²) in [6.07, 6.45) is 0.169. The third-order valence-corrected chi connectivity index (χ3v) is 5.98. The zero-order chi connectivity index (χ0) is 22.8. The van der Waals surface area contributed by atoms with Crippen LogP contribution < -0.4 is 5.32 Å². The Balaban J connectivity index is 1.51. The van der Waals surface area contributed by atoms with E-state index in [0.717, 1.165) is 28.2 Å². The lowest BCUT2D eigenvalue weighted by Crippen LogP contribution is -2.15. The molecule has 1 amide bonds. The fourth-order valence-electron chi connectivity index (χ4n) is 3.39. The van der Waals surface area contributed by atoms with Gasteiger partial charge in [-0.1, -0.05) is 0 Å². The van der Waals surface area contributed by atoms with Crippen molar-refractivity contribution in [2.24, 2.45) is 0 Å². The van der Waals surface area contributed by atoms with Crippen molar-refractivity contribution in [2.45, 2.75) is 27.2 Å². The molecule has 0 aliphatic heterocycles. The summed E-state index contributed by atoms with van der Waals surface area (Å²) in [5, 5.41) is 10.0. The van der Waals surface area contributed by atoms with Crippen LogP contribution in [0.2, 0.25) is 0 Å². The zero-order valence-corrected chi connectivity index (χ0v) is 18.7. The van der Waals surface area contributed by atoms with Crippen molar-refractivity contribution >= 4 is 28.7 Å². The first-order valence-electron chi connectivity index (χ1n) is 9.99. The molecule has 32 heavy (non-hydrogen) atoms. The monoisotopic (exact) mass is 448 g/mol. The number of aromatic nitrogens is 3. The van der Waals surface area contributed by atoms with E-state index < -0.39 is 0 Å². The van der Waals surface area contributed by atoms with Gasteiger partial charge in [0.1, 0.15) is 5.82 Å². The van der Waals surface area contributed by atoms with Crippen LogP contribution in [0.5, 0.6) is 0 Å². The fraction of sp³-hybridized carbons (Fsp3) is 0.167. The number of nitrogens with one attached hydrogen (secondary N) is 1. The Morgan fingerprint density at radius 1 is 1.06 bits per heavy atom. The summed E-state index contributed by atoms with van der Waals surface area (Å²) >= 11 is 1.43. The maximum Gasteiger partial charge on any atom is 0.228 e. The Morgan fingerprint density at radius 3 is 2.41 bits per heavy atom. The quantitative estimate of drug-likeness (QED) is 0.415. The number of rotatable bonds is 6. The number of carbonyl (C=O) groups excluding carboxylic acids is 2. The van der Waals surface area contributed by atoms with Gasteiger partial charge < -0.3 is 5.32 Å². The molecule has 0 bridgehead atoms. The number of nitrogens with zero attached hydrogens (tertiary/aromatic N) is 3. The zero-order valence-electron chi connectivity index (χ0n) is 17.8. The molecule has 2 aromatic carbocycles. The molecule has 0 aliphatic rings. The standard InChI is InChI=1S/C24H21FN4O2S/c1-14-21(12-23(31)26-20-10-6-17(7-11-20)16(3)30)15(2)29(28-14)24-27-22(13-32-24)18-4-8-19(25)9-5-18/h4-11,13H,12H2,1-3H3,(H,26,31). The number of carbonyl (C=O) groups is 2. The summed E-state index contributed by atoms with van der Waals surface area (Å²) in [5.41, 5.74) is 5.22. The van der Waals surface area contributed by atoms with Crippen LogP contribution in [0.1, 0.15) is 34.2 Å². The van der Waals surface area contributed by atoms with E-state index in [1.54, 1.807) is 41.1 Å². The summed E-state index contributed by atoms with van der Waals surface area (Å²) < 4.78 is 14.9. The van der Waals surface area contributed by atoms with E-state index >= 15 is 0 Å². The highest BCUT2D eigenvalue weighted by Crippen LogP contribution is 2.26. The van der Waals surface area contributed by atoms with Crippen LogP contribution in [0.15, 0.2) is 53.9 Å². The minimum absolute atomic E-state index is 0.0219. The summed E-state index contributed by atoms with van der Waals surface area (Å²) in [7, 11) is 0. The molecule has 0 saturated heterocycles. The number of anilines is 1. The van der Waals surface area contributed by atoms with Gasteiger partial charge in [-0.3, -0.25) is 9.59 Å². The van der Waals surface area contributed by atoms with Crippen LogP contribution >= 0.6 is 11.3 Å². The van der Waals surface area contributed by atoms with E-state index in [-0.39, 0.29) is 23.9 Å². The van der Waals surface area contributed by atoms with Crippen LogP contribution in [-0.4, -0.2) is 26.5 Å². The molecule has 0 atom stereocenters. The molecule has 0 spiro atoms. The van der Waals surface area contributed by atoms with Gasteiger partial charge in [-0.05, 0) is 69.3 Å². The Morgan fingerprint density at radius 2 is 1.75 bits per heavy atom. The average Bonchev–Trinajstić information content (AvgIpc) is 3.35. The van der Waals surface area contributed by atoms with Gasteiger partial charge in [-0.15, -0.1) is 11.3 Å². The average molecular weight is 449 g/mol. The van der Waals surface area contributed by atoms with Crippen molar-refractivity contribution in [1.82, 2.24) is 14.8 Å². The number of hydrogen-bond acceptors (Lipinski definition) is 5. The van der Waals surface area contributed by atoms with Gasteiger partial charge in [0.2, 0.25) is 11.0 Å². The molecule has 2 heterocycles. The number of benzene rings is 2. The van der Waals surface area contributed by atoms with E-state index in [1.165, 1.54) is 30.4 Å². The fourth-order valence-corrected chi connectivity index (χ4v) is 4.22. The van der Waals surface area contributed by atoms with Crippen molar-refractivity contribution in [3.8, 4) is 16.4 Å². The molecule has 0 radical (unpaired) electrons. The van der Waals surface area contributed by atoms with Gasteiger partial charge in [-0.2, -0.15) is 5.10 Å². The Kier molecular flexibility index (Phi) is 5.96. The maximum atomic E-state index is 13.2. The van der Waals surface area contributed by atoms with Crippen molar-refractivity contribution < 1.29 is 14.0 Å². The second-order valence-corrected chi connectivity index (χ2v) is 8.28. The third kappa shape index (κ3) is 4.50. The van der Waals surface area contributed by atoms with Gasteiger partial charge in [0.25, 0.3) is 0 Å². The molecule has 0 unspecified atom stereocenters. The third-order valence-electron chi connectivity index (χ3n) is 5.17. The molecule has 4 aromatic rings. The van der Waals surface area contributed by atoms with E-state index in [1.807, 2.05) is 19.2 Å². The van der Waals surface area contributed by atoms with Crippen LogP contribution in [-0.2, 0) is 11.2 Å². The molecule has 6 nitrogen and oxygen atoms in total. The molecule has 1 N–H and O–H groups in total. The first-order chi connectivity index (χ1) is 15.3. The number of aryl methyl sites for hydroxylation is 1. The Labute approximate surface area is 188 Å². The van der Waals surface area contributed by atoms with E-state index in [0.29, 0.717) is 16.4 Å². The second kappa shape index (κ2) is 8.84. The van der Waals surface area contributed by atoms with Crippen molar-refractivity contribution in [2.75, 3.05) is 5.32 Å². The topological polar surface area (TPSA) is 76.9 Å². The van der Waals surface area contributed by atoms with Crippen molar-refractivity contribution in [3.63, 3.8) is 0 Å². The number of ketones is 1. The van der Waals surface area contributed by atoms with E-state index in [2.05, 4.69) is 15.4 Å². The summed E-state index contributed by atoms with van der Waals surface area (Å²) in [6, 6.07) is 13.0. The predicted molar refractivity (Wildman–Crippen MR) is 123 cm³/mol. The largest absolute Gasteiger partial charge is 0.326 e. The van der Waals surface area contributed by atoms with Gasteiger partial charge in [0.05, 0.1) is 17.8 Å². The minimum Gasteiger partial charge on any atom is -0.326 e. The molecule has 162 valence electrons. The number of thiazole rings is 1. The highest BCUT2D eigenvalue weighted by Gasteiger charge is 2.18. The number of halogens is 1. The smallest absolute Gasteiger partial charge is 0.228 e. The number of amides is 1. The SMILES string of the molecule is CC(=O)c1ccc(NC(=O)Cc2c(C)nn(-c3nc(-c4ccc(F)cc4)cs3)c2C)cc1. The molecule has 2 aromatic heterocycles. The van der Waals surface area contributed by atoms with E-state index in [4.69, 9.17) is 0 Å². The normalized spacial score (nSPS) is 10.9. The van der Waals surface area contributed by atoms with Gasteiger partial charge >= 0.3 is 0 Å². The highest BCUT2D eigenvalue weighted by atomic mass is 32.1. The van der Waals surface area contributed by atoms with Crippen molar-refractivity contribution in [3.05, 3.63) is 82.2 Å². The second-order valence-electron chi connectivity index (χ2n) is 7.44. The van der Waals surface area contributed by atoms with Crippen LogP contribution in [0, 0.1) is 19.7 Å². The van der Waals surface area contributed by atoms with Crippen LogP contribution in [0.3, 0.4) is 0 Å². The summed E-state index contributed by atoms with van der Waals surface area (Å²) in [6.45, 7) is 5.27. The highest BCUT2D eigenvalue weighted by molar-refractivity contribution is 7.12. The van der Waals surface area contributed by atoms with Gasteiger partial charge in [-0.25, -0.2) is 14.1 Å². The lowest BCUT2D eigenvalue weighted by Gasteiger charge is -2.06. The molecular weight excluding hydrogens is 427 g/mol. The summed E-state index contributed by atoms with van der Waals surface area (Å²) in [4.78, 5) is 28.6. The number of hydrogen-bond donors (Lipinski definition) is 1. The molecule has 8 heteroatoms. The van der Waals surface area contributed by atoms with Gasteiger partial charge in [0, 0.05) is 33.5 Å². The Bertz CT molecular complexity index is 1290. The molecule has 0 aliphatic carbocycles. The maximum absolute atomic E-state index is 13.2. The summed E-state index contributed by atoms with van der Waals surface area (Å²) in [5.74, 6) is -0.482. The lowest BCUT2D eigenvalue weighted by atomic mass is 10.1.